The zero-order valence-corrected chi connectivity index (χ0v) is 9.54. The predicted molar refractivity (Wildman–Crippen MR) is 59.4 cm³/mol. The standard InChI is InChI=1S/C9H14N2S2/c1-6(2)7-3-13-8(11-7)9(10)4-12-5-9/h3,6H,4-5,10H2,1-2H3. The SMILES string of the molecule is CC(C)c1csc(C2(N)CSC2)n1. The normalized spacial score (nSPS) is 20.3. The molecule has 4 heteroatoms. The van der Waals surface area contributed by atoms with Crippen molar-refractivity contribution in [1.82, 2.24) is 4.98 Å². The zero-order chi connectivity index (χ0) is 9.47. The Bertz CT molecular complexity index is 302. The van der Waals surface area contributed by atoms with Gasteiger partial charge >= 0.3 is 0 Å². The minimum Gasteiger partial charge on any atom is -0.318 e. The Morgan fingerprint density at radius 2 is 2.23 bits per heavy atom. The second kappa shape index (κ2) is 3.26. The van der Waals surface area contributed by atoms with Crippen molar-refractivity contribution in [2.75, 3.05) is 11.5 Å². The average molecular weight is 214 g/mol. The first kappa shape index (κ1) is 9.49. The van der Waals surface area contributed by atoms with Crippen LogP contribution in [0.5, 0.6) is 0 Å². The second-order valence-corrected chi connectivity index (χ2v) is 5.72. The molecule has 0 unspecified atom stereocenters. The van der Waals surface area contributed by atoms with E-state index in [4.69, 9.17) is 5.73 Å². The van der Waals surface area contributed by atoms with Crippen molar-refractivity contribution >= 4 is 23.1 Å². The quantitative estimate of drug-likeness (QED) is 0.820. The van der Waals surface area contributed by atoms with Crippen molar-refractivity contribution in [2.24, 2.45) is 5.73 Å². The topological polar surface area (TPSA) is 38.9 Å². The number of hydrogen-bond donors (Lipinski definition) is 1. The van der Waals surface area contributed by atoms with Gasteiger partial charge < -0.3 is 5.73 Å². The number of nitrogens with zero attached hydrogens (tertiary/aromatic N) is 1. The maximum absolute atomic E-state index is 6.16. The molecule has 0 radical (unpaired) electrons. The third kappa shape index (κ3) is 1.63. The van der Waals surface area contributed by atoms with E-state index in [9.17, 15) is 0 Å². The number of rotatable bonds is 2. The van der Waals surface area contributed by atoms with Gasteiger partial charge in [-0.15, -0.1) is 11.3 Å². The lowest BCUT2D eigenvalue weighted by atomic mass is 10.1. The molecule has 2 nitrogen and oxygen atoms in total. The first-order chi connectivity index (χ1) is 6.12. The van der Waals surface area contributed by atoms with Crippen LogP contribution in [0.2, 0.25) is 0 Å². The fourth-order valence-corrected chi connectivity index (χ4v) is 3.42. The first-order valence-electron chi connectivity index (χ1n) is 4.44. The summed E-state index contributed by atoms with van der Waals surface area (Å²) in [6.07, 6.45) is 0. The minimum absolute atomic E-state index is 0.109. The molecule has 0 bridgehead atoms. The van der Waals surface area contributed by atoms with Crippen LogP contribution in [0.3, 0.4) is 0 Å². The van der Waals surface area contributed by atoms with E-state index in [0.717, 1.165) is 16.5 Å². The molecule has 1 saturated heterocycles. The van der Waals surface area contributed by atoms with Crippen molar-refractivity contribution in [3.63, 3.8) is 0 Å². The lowest BCUT2D eigenvalue weighted by Gasteiger charge is -2.35. The average Bonchev–Trinajstić information content (AvgIpc) is 2.48. The number of hydrogen-bond acceptors (Lipinski definition) is 4. The summed E-state index contributed by atoms with van der Waals surface area (Å²) < 4.78 is 0. The van der Waals surface area contributed by atoms with E-state index in [1.54, 1.807) is 11.3 Å². The summed E-state index contributed by atoms with van der Waals surface area (Å²) in [5, 5.41) is 3.26. The van der Waals surface area contributed by atoms with Gasteiger partial charge in [-0.1, -0.05) is 13.8 Å². The molecule has 0 aliphatic carbocycles. The molecular weight excluding hydrogens is 200 g/mol. The van der Waals surface area contributed by atoms with Gasteiger partial charge in [0.2, 0.25) is 0 Å². The van der Waals surface area contributed by atoms with Gasteiger partial charge in [0.1, 0.15) is 5.01 Å². The summed E-state index contributed by atoms with van der Waals surface area (Å²) in [7, 11) is 0. The molecule has 72 valence electrons. The molecule has 1 aromatic rings. The maximum Gasteiger partial charge on any atom is 0.114 e. The van der Waals surface area contributed by atoms with Gasteiger partial charge in [0.05, 0.1) is 11.2 Å². The molecule has 0 saturated carbocycles. The molecule has 1 fully saturated rings. The van der Waals surface area contributed by atoms with Crippen LogP contribution < -0.4 is 5.73 Å². The Labute approximate surface area is 86.9 Å². The van der Waals surface area contributed by atoms with Crippen LogP contribution >= 0.6 is 23.1 Å². The minimum atomic E-state index is -0.109. The van der Waals surface area contributed by atoms with Crippen molar-refractivity contribution < 1.29 is 0 Å². The van der Waals surface area contributed by atoms with Crippen LogP contribution in [-0.4, -0.2) is 16.5 Å². The van der Waals surface area contributed by atoms with Gasteiger partial charge in [0, 0.05) is 16.9 Å². The van der Waals surface area contributed by atoms with Crippen LogP contribution in [-0.2, 0) is 5.54 Å². The molecule has 0 amide bonds. The Balaban J connectivity index is 2.22. The fraction of sp³-hybridized carbons (Fsp3) is 0.667. The Hall–Kier alpha value is -0.0600. The highest BCUT2D eigenvalue weighted by atomic mass is 32.2. The molecule has 0 aromatic carbocycles. The third-order valence-electron chi connectivity index (χ3n) is 2.26. The van der Waals surface area contributed by atoms with Crippen molar-refractivity contribution in [3.05, 3.63) is 16.1 Å². The molecule has 2 rings (SSSR count). The van der Waals surface area contributed by atoms with Gasteiger partial charge in [-0.2, -0.15) is 11.8 Å². The predicted octanol–water partition coefficient (Wildman–Crippen LogP) is 2.17. The van der Waals surface area contributed by atoms with Crippen LogP contribution in [0.4, 0.5) is 0 Å². The molecule has 13 heavy (non-hydrogen) atoms. The molecule has 0 atom stereocenters. The van der Waals surface area contributed by atoms with Crippen LogP contribution in [0, 0.1) is 0 Å². The second-order valence-electron chi connectivity index (χ2n) is 3.88. The van der Waals surface area contributed by atoms with Crippen LogP contribution in [0.25, 0.3) is 0 Å². The Morgan fingerprint density at radius 1 is 1.54 bits per heavy atom. The summed E-state index contributed by atoms with van der Waals surface area (Å²) in [6.45, 7) is 4.33. The lowest BCUT2D eigenvalue weighted by Crippen LogP contribution is -2.48. The van der Waals surface area contributed by atoms with Gasteiger partial charge in [0.25, 0.3) is 0 Å². The van der Waals surface area contributed by atoms with Crippen molar-refractivity contribution in [1.29, 1.82) is 0 Å². The Kier molecular flexibility index (Phi) is 2.38. The van der Waals surface area contributed by atoms with E-state index in [2.05, 4.69) is 24.2 Å². The van der Waals surface area contributed by atoms with E-state index in [1.807, 2.05) is 11.8 Å². The summed E-state index contributed by atoms with van der Waals surface area (Å²) >= 11 is 3.61. The Morgan fingerprint density at radius 3 is 2.62 bits per heavy atom. The van der Waals surface area contributed by atoms with Gasteiger partial charge in [-0.25, -0.2) is 4.98 Å². The highest BCUT2D eigenvalue weighted by molar-refractivity contribution is 8.00. The number of aromatic nitrogens is 1. The largest absolute Gasteiger partial charge is 0.318 e. The maximum atomic E-state index is 6.16. The van der Waals surface area contributed by atoms with Crippen molar-refractivity contribution in [3.8, 4) is 0 Å². The van der Waals surface area contributed by atoms with Crippen LogP contribution in [0.1, 0.15) is 30.5 Å². The number of nitrogens with two attached hydrogens (primary N) is 1. The van der Waals surface area contributed by atoms with E-state index in [1.165, 1.54) is 5.69 Å². The van der Waals surface area contributed by atoms with Crippen LogP contribution in [0.15, 0.2) is 5.38 Å². The van der Waals surface area contributed by atoms with E-state index < -0.39 is 0 Å². The third-order valence-corrected chi connectivity index (χ3v) is 4.78. The van der Waals surface area contributed by atoms with Gasteiger partial charge in [-0.3, -0.25) is 0 Å². The highest BCUT2D eigenvalue weighted by Crippen LogP contribution is 2.38. The molecule has 2 N–H and O–H groups in total. The van der Waals surface area contributed by atoms with E-state index >= 15 is 0 Å². The fourth-order valence-electron chi connectivity index (χ4n) is 1.23. The highest BCUT2D eigenvalue weighted by Gasteiger charge is 2.38. The summed E-state index contributed by atoms with van der Waals surface area (Å²) in [5.74, 6) is 2.57. The summed E-state index contributed by atoms with van der Waals surface area (Å²) in [6, 6.07) is 0. The molecule has 1 aliphatic heterocycles. The monoisotopic (exact) mass is 214 g/mol. The summed E-state index contributed by atoms with van der Waals surface area (Å²) in [4.78, 5) is 4.58. The smallest absolute Gasteiger partial charge is 0.114 e. The number of thioether (sulfide) groups is 1. The van der Waals surface area contributed by atoms with E-state index in [0.29, 0.717) is 5.92 Å². The van der Waals surface area contributed by atoms with Crippen molar-refractivity contribution in [2.45, 2.75) is 25.3 Å². The first-order valence-corrected chi connectivity index (χ1v) is 6.48. The lowest BCUT2D eigenvalue weighted by molar-refractivity contribution is 0.539. The molecule has 0 spiro atoms. The molecule has 1 aliphatic rings. The van der Waals surface area contributed by atoms with Gasteiger partial charge in [-0.05, 0) is 5.92 Å². The van der Waals surface area contributed by atoms with Gasteiger partial charge in [0.15, 0.2) is 0 Å². The zero-order valence-electron chi connectivity index (χ0n) is 7.91. The van der Waals surface area contributed by atoms with E-state index in [-0.39, 0.29) is 5.54 Å². The molecule has 2 heterocycles. The molecular formula is C9H14N2S2. The molecule has 1 aromatic heterocycles. The summed E-state index contributed by atoms with van der Waals surface area (Å²) in [5.41, 5.74) is 7.24. The number of thiazole rings is 1.